The molecule has 0 radical (unpaired) electrons. The Balaban J connectivity index is 2.68. The van der Waals surface area contributed by atoms with E-state index in [1.807, 2.05) is 13.8 Å². The molecule has 0 spiro atoms. The molecule has 0 N–H and O–H groups in total. The van der Waals surface area contributed by atoms with Crippen LogP contribution in [0.1, 0.15) is 35.7 Å². The predicted molar refractivity (Wildman–Crippen MR) is 69.6 cm³/mol. The molecule has 0 saturated heterocycles. The second-order valence-corrected chi connectivity index (χ2v) is 4.05. The predicted octanol–water partition coefficient (Wildman–Crippen LogP) is 1.79. The summed E-state index contributed by atoms with van der Waals surface area (Å²) in [7, 11) is 1.57. The van der Waals surface area contributed by atoms with Crippen LogP contribution < -0.4 is 4.74 Å². The van der Waals surface area contributed by atoms with E-state index in [4.69, 9.17) is 9.47 Å². The number of methoxy groups -OCH3 is 1. The van der Waals surface area contributed by atoms with E-state index in [1.54, 1.807) is 24.6 Å². The van der Waals surface area contributed by atoms with Crippen LogP contribution in [0.5, 0.6) is 5.75 Å². The first kappa shape index (κ1) is 13.3. The minimum absolute atomic E-state index is 0.325. The van der Waals surface area contributed by atoms with E-state index in [2.05, 4.69) is 9.97 Å². The molecule has 0 unspecified atom stereocenters. The number of rotatable bonds is 4. The van der Waals surface area contributed by atoms with E-state index in [9.17, 15) is 4.79 Å². The number of hydrogen-bond donors (Lipinski definition) is 0. The van der Waals surface area contributed by atoms with Crippen molar-refractivity contribution in [2.45, 2.75) is 27.2 Å². The minimum atomic E-state index is -0.389. The Morgan fingerprint density at radius 3 is 2.68 bits per heavy atom. The van der Waals surface area contributed by atoms with E-state index >= 15 is 0 Å². The lowest BCUT2D eigenvalue weighted by Crippen LogP contribution is -2.11. The Morgan fingerprint density at radius 2 is 2.11 bits per heavy atom. The van der Waals surface area contributed by atoms with Gasteiger partial charge in [0.05, 0.1) is 31.3 Å². The van der Waals surface area contributed by atoms with E-state index in [0.29, 0.717) is 35.9 Å². The van der Waals surface area contributed by atoms with Gasteiger partial charge in [-0.1, -0.05) is 6.92 Å². The Hall–Kier alpha value is -2.11. The lowest BCUT2D eigenvalue weighted by atomic mass is 10.2. The monoisotopic (exact) mass is 263 g/mol. The maximum Gasteiger partial charge on any atom is 0.357 e. The number of esters is 1. The second-order valence-electron chi connectivity index (χ2n) is 4.05. The number of carbonyl (C=O) groups is 1. The molecule has 2 heterocycles. The molecule has 0 atom stereocenters. The normalized spacial score (nSPS) is 10.7. The molecular formula is C13H17N3O3. The highest BCUT2D eigenvalue weighted by Gasteiger charge is 2.21. The molecule has 0 saturated carbocycles. The Morgan fingerprint density at radius 1 is 1.37 bits per heavy atom. The molecule has 0 fully saturated rings. The summed E-state index contributed by atoms with van der Waals surface area (Å²) < 4.78 is 11.9. The smallest absolute Gasteiger partial charge is 0.357 e. The molecule has 2 aromatic heterocycles. The van der Waals surface area contributed by atoms with Crippen LogP contribution in [-0.2, 0) is 11.2 Å². The van der Waals surface area contributed by atoms with Crippen molar-refractivity contribution in [3.05, 3.63) is 23.3 Å². The molecule has 102 valence electrons. The van der Waals surface area contributed by atoms with Crippen molar-refractivity contribution in [2.75, 3.05) is 13.7 Å². The van der Waals surface area contributed by atoms with Gasteiger partial charge < -0.3 is 9.47 Å². The zero-order valence-corrected chi connectivity index (χ0v) is 11.6. The highest BCUT2D eigenvalue weighted by atomic mass is 16.5. The largest absolute Gasteiger partial charge is 0.493 e. The maximum absolute atomic E-state index is 12.0. The van der Waals surface area contributed by atoms with Crippen LogP contribution in [0.25, 0.3) is 5.78 Å². The third-order valence-electron chi connectivity index (χ3n) is 2.86. The highest BCUT2D eigenvalue weighted by Crippen LogP contribution is 2.20. The fourth-order valence-electron chi connectivity index (χ4n) is 1.95. The van der Waals surface area contributed by atoms with Gasteiger partial charge in [0.2, 0.25) is 5.78 Å². The summed E-state index contributed by atoms with van der Waals surface area (Å²) in [6, 6.07) is 0. The summed E-state index contributed by atoms with van der Waals surface area (Å²) in [5.74, 6) is 0.705. The van der Waals surface area contributed by atoms with Gasteiger partial charge in [0.25, 0.3) is 0 Å². The Labute approximate surface area is 111 Å². The molecule has 0 aromatic carbocycles. The van der Waals surface area contributed by atoms with Gasteiger partial charge in [-0.3, -0.25) is 4.40 Å². The third kappa shape index (κ3) is 2.25. The number of imidazole rings is 1. The molecule has 0 bridgehead atoms. The third-order valence-corrected chi connectivity index (χ3v) is 2.86. The average Bonchev–Trinajstić information content (AvgIpc) is 2.75. The Kier molecular flexibility index (Phi) is 3.69. The number of aromatic nitrogens is 3. The van der Waals surface area contributed by atoms with Gasteiger partial charge in [-0.05, 0) is 20.3 Å². The average molecular weight is 263 g/mol. The van der Waals surface area contributed by atoms with E-state index < -0.39 is 0 Å². The minimum Gasteiger partial charge on any atom is -0.493 e. The highest BCUT2D eigenvalue weighted by molar-refractivity contribution is 5.90. The lowest BCUT2D eigenvalue weighted by Gasteiger charge is -2.06. The van der Waals surface area contributed by atoms with E-state index in [-0.39, 0.29) is 5.97 Å². The van der Waals surface area contributed by atoms with Crippen LogP contribution in [0, 0.1) is 6.92 Å². The van der Waals surface area contributed by atoms with Gasteiger partial charge in [-0.15, -0.1) is 0 Å². The van der Waals surface area contributed by atoms with E-state index in [0.717, 1.165) is 5.69 Å². The molecule has 2 rings (SSSR count). The van der Waals surface area contributed by atoms with Crippen molar-refractivity contribution < 1.29 is 14.3 Å². The molecule has 0 amide bonds. The Bertz CT molecular complexity index is 619. The van der Waals surface area contributed by atoms with Gasteiger partial charge in [0.15, 0.2) is 11.4 Å². The van der Waals surface area contributed by atoms with Gasteiger partial charge in [-0.25, -0.2) is 14.8 Å². The van der Waals surface area contributed by atoms with Crippen molar-refractivity contribution in [2.24, 2.45) is 0 Å². The number of carbonyl (C=O) groups excluding carboxylic acids is 1. The number of aryl methyl sites for hydroxylation is 2. The zero-order valence-electron chi connectivity index (χ0n) is 11.6. The fourth-order valence-corrected chi connectivity index (χ4v) is 1.95. The quantitative estimate of drug-likeness (QED) is 0.787. The summed E-state index contributed by atoms with van der Waals surface area (Å²) in [6.45, 7) is 5.87. The second kappa shape index (κ2) is 5.26. The molecule has 0 aliphatic carbocycles. The first-order valence-corrected chi connectivity index (χ1v) is 6.22. The number of fused-ring (bicyclic) bond motifs is 1. The summed E-state index contributed by atoms with van der Waals surface area (Å²) in [6.07, 6.45) is 2.36. The van der Waals surface area contributed by atoms with E-state index in [1.165, 1.54) is 0 Å². The van der Waals surface area contributed by atoms with Crippen LogP contribution in [0.4, 0.5) is 0 Å². The zero-order chi connectivity index (χ0) is 14.0. The van der Waals surface area contributed by atoms with Crippen molar-refractivity contribution in [3.8, 4) is 5.75 Å². The number of hydrogen-bond acceptors (Lipinski definition) is 5. The molecule has 2 aromatic rings. The standard InChI is InChI=1S/C13H17N3O3/c1-5-9-11(12(17)19-6-2)16-7-10(18-4)8(3)14-13(16)15-9/h7H,5-6H2,1-4H3. The van der Waals surface area contributed by atoms with Crippen molar-refractivity contribution >= 4 is 11.7 Å². The van der Waals surface area contributed by atoms with Gasteiger partial charge in [-0.2, -0.15) is 0 Å². The van der Waals surface area contributed by atoms with Crippen LogP contribution in [-0.4, -0.2) is 34.1 Å². The summed E-state index contributed by atoms with van der Waals surface area (Å²) in [5.41, 5.74) is 1.84. The molecular weight excluding hydrogens is 246 g/mol. The summed E-state index contributed by atoms with van der Waals surface area (Å²) >= 11 is 0. The first-order valence-electron chi connectivity index (χ1n) is 6.22. The topological polar surface area (TPSA) is 65.7 Å². The molecule has 6 heteroatoms. The van der Waals surface area contributed by atoms with Gasteiger partial charge in [0.1, 0.15) is 0 Å². The van der Waals surface area contributed by atoms with Crippen molar-refractivity contribution in [1.82, 2.24) is 14.4 Å². The van der Waals surface area contributed by atoms with Crippen LogP contribution in [0.3, 0.4) is 0 Å². The molecule has 6 nitrogen and oxygen atoms in total. The molecule has 19 heavy (non-hydrogen) atoms. The van der Waals surface area contributed by atoms with Crippen molar-refractivity contribution in [3.63, 3.8) is 0 Å². The molecule has 0 aliphatic rings. The number of nitrogens with zero attached hydrogens (tertiary/aromatic N) is 3. The maximum atomic E-state index is 12.0. The van der Waals surface area contributed by atoms with Crippen molar-refractivity contribution in [1.29, 1.82) is 0 Å². The van der Waals surface area contributed by atoms with Crippen LogP contribution >= 0.6 is 0 Å². The van der Waals surface area contributed by atoms with Gasteiger partial charge in [0, 0.05) is 0 Å². The van der Waals surface area contributed by atoms with Crippen LogP contribution in [0.2, 0.25) is 0 Å². The summed E-state index contributed by atoms with van der Waals surface area (Å²) in [4.78, 5) is 20.7. The first-order chi connectivity index (χ1) is 9.12. The van der Waals surface area contributed by atoms with Gasteiger partial charge >= 0.3 is 5.97 Å². The number of ether oxygens (including phenoxy) is 2. The SMILES string of the molecule is CCOC(=O)c1c(CC)nc2nc(C)c(OC)cn12. The fraction of sp³-hybridized carbons (Fsp3) is 0.462. The lowest BCUT2D eigenvalue weighted by molar-refractivity contribution is 0.0517. The molecule has 0 aliphatic heterocycles. The van der Waals surface area contributed by atoms with Crippen LogP contribution in [0.15, 0.2) is 6.20 Å². The summed E-state index contributed by atoms with van der Waals surface area (Å²) in [5, 5.41) is 0.